The smallest absolute Gasteiger partial charge is 0.257 e. The number of aryl methyl sites for hydroxylation is 1. The number of benzene rings is 2. The summed E-state index contributed by atoms with van der Waals surface area (Å²) in [6.45, 7) is 7.06. The largest absolute Gasteiger partial charge is 0.350 e. The van der Waals surface area contributed by atoms with E-state index >= 15 is 0 Å². The van der Waals surface area contributed by atoms with Crippen molar-refractivity contribution >= 4 is 17.4 Å². The number of amides is 1. The van der Waals surface area contributed by atoms with Crippen molar-refractivity contribution in [1.29, 1.82) is 0 Å². The summed E-state index contributed by atoms with van der Waals surface area (Å²) < 4.78 is 0. The average molecular weight is 359 g/mol. The third-order valence-corrected chi connectivity index (χ3v) is 4.40. The molecule has 0 bridgehead atoms. The van der Waals surface area contributed by atoms with E-state index in [0.29, 0.717) is 11.6 Å². The van der Waals surface area contributed by atoms with Crippen LogP contribution in [0.1, 0.15) is 35.3 Å². The van der Waals surface area contributed by atoms with E-state index in [1.807, 2.05) is 61.5 Å². The number of pyridine rings is 1. The zero-order chi connectivity index (χ0) is 19.2. The first-order valence-corrected chi connectivity index (χ1v) is 9.17. The van der Waals surface area contributed by atoms with Crippen molar-refractivity contribution in [3.63, 3.8) is 0 Å². The number of nitrogens with one attached hydrogen (secondary N) is 1. The van der Waals surface area contributed by atoms with E-state index < -0.39 is 0 Å². The Morgan fingerprint density at radius 1 is 1.04 bits per heavy atom. The average Bonchev–Trinajstić information content (AvgIpc) is 2.67. The van der Waals surface area contributed by atoms with Gasteiger partial charge >= 0.3 is 0 Å². The second kappa shape index (κ2) is 8.49. The summed E-state index contributed by atoms with van der Waals surface area (Å²) in [5, 5.41) is 2.92. The molecule has 3 aromatic rings. The Labute approximate surface area is 160 Å². The van der Waals surface area contributed by atoms with Gasteiger partial charge in [0.15, 0.2) is 0 Å². The van der Waals surface area contributed by atoms with E-state index in [0.717, 1.165) is 23.6 Å². The van der Waals surface area contributed by atoms with Crippen LogP contribution in [0.3, 0.4) is 0 Å². The lowest BCUT2D eigenvalue weighted by Gasteiger charge is -2.28. The molecule has 0 aliphatic rings. The number of nitrogens with zero attached hydrogens (tertiary/aromatic N) is 2. The highest BCUT2D eigenvalue weighted by molar-refractivity contribution is 6.04. The number of rotatable bonds is 6. The zero-order valence-corrected chi connectivity index (χ0v) is 16.0. The number of anilines is 2. The molecule has 4 heteroatoms. The molecule has 1 heterocycles. The normalized spacial score (nSPS) is 10.7. The van der Waals surface area contributed by atoms with Crippen LogP contribution < -0.4 is 10.2 Å². The quantitative estimate of drug-likeness (QED) is 0.669. The van der Waals surface area contributed by atoms with Crippen LogP contribution in [0.25, 0.3) is 0 Å². The van der Waals surface area contributed by atoms with Gasteiger partial charge in [-0.25, -0.2) is 4.98 Å². The van der Waals surface area contributed by atoms with Crippen LogP contribution in [0.15, 0.2) is 72.9 Å². The van der Waals surface area contributed by atoms with Gasteiger partial charge in [-0.15, -0.1) is 0 Å². The van der Waals surface area contributed by atoms with Gasteiger partial charge in [-0.05, 0) is 56.2 Å². The highest BCUT2D eigenvalue weighted by atomic mass is 16.1. The van der Waals surface area contributed by atoms with Crippen molar-refractivity contribution < 1.29 is 4.79 Å². The van der Waals surface area contributed by atoms with Crippen molar-refractivity contribution in [3.05, 3.63) is 89.6 Å². The van der Waals surface area contributed by atoms with Crippen LogP contribution in [0.2, 0.25) is 0 Å². The van der Waals surface area contributed by atoms with Gasteiger partial charge in [0.1, 0.15) is 5.82 Å². The van der Waals surface area contributed by atoms with Crippen LogP contribution in [0.5, 0.6) is 0 Å². The van der Waals surface area contributed by atoms with E-state index in [2.05, 4.69) is 41.2 Å². The Kier molecular flexibility index (Phi) is 5.87. The minimum absolute atomic E-state index is 0.154. The number of carbonyl (C=O) groups is 1. The van der Waals surface area contributed by atoms with Gasteiger partial charge in [0.05, 0.1) is 5.56 Å². The van der Waals surface area contributed by atoms with Gasteiger partial charge in [0, 0.05) is 24.5 Å². The van der Waals surface area contributed by atoms with Crippen molar-refractivity contribution in [2.75, 3.05) is 10.2 Å². The lowest BCUT2D eigenvalue weighted by molar-refractivity contribution is 0.102. The van der Waals surface area contributed by atoms with Gasteiger partial charge in [-0.2, -0.15) is 0 Å². The first-order valence-electron chi connectivity index (χ1n) is 9.17. The third-order valence-electron chi connectivity index (χ3n) is 4.40. The topological polar surface area (TPSA) is 45.2 Å². The molecule has 0 radical (unpaired) electrons. The lowest BCUT2D eigenvalue weighted by Crippen LogP contribution is -2.31. The highest BCUT2D eigenvalue weighted by Crippen LogP contribution is 2.19. The lowest BCUT2D eigenvalue weighted by atomic mass is 10.1. The fourth-order valence-corrected chi connectivity index (χ4v) is 2.92. The number of hydrogen-bond donors (Lipinski definition) is 1. The maximum atomic E-state index is 12.5. The summed E-state index contributed by atoms with van der Waals surface area (Å²) >= 11 is 0. The van der Waals surface area contributed by atoms with Gasteiger partial charge in [0.25, 0.3) is 5.91 Å². The number of aromatic nitrogens is 1. The predicted molar refractivity (Wildman–Crippen MR) is 111 cm³/mol. The second-order valence-electron chi connectivity index (χ2n) is 6.94. The Balaban J connectivity index is 1.73. The molecule has 0 saturated carbocycles. The van der Waals surface area contributed by atoms with Crippen LogP contribution in [-0.4, -0.2) is 16.9 Å². The van der Waals surface area contributed by atoms with Crippen molar-refractivity contribution in [2.24, 2.45) is 0 Å². The monoisotopic (exact) mass is 359 g/mol. The molecule has 0 atom stereocenters. The molecular formula is C23H25N3O. The molecule has 0 unspecified atom stereocenters. The second-order valence-corrected chi connectivity index (χ2v) is 6.94. The molecule has 4 nitrogen and oxygen atoms in total. The van der Waals surface area contributed by atoms with Crippen LogP contribution in [0.4, 0.5) is 11.5 Å². The standard InChI is InChI=1S/C23H25N3O/c1-17(2)26(16-19-9-5-4-6-10-19)22-13-12-20(15-24-22)23(27)25-21-11-7-8-18(3)14-21/h4-15,17H,16H2,1-3H3,(H,25,27). The molecule has 2 aromatic carbocycles. The minimum atomic E-state index is -0.154. The molecule has 3 rings (SSSR count). The van der Waals surface area contributed by atoms with Gasteiger partial charge in [-0.1, -0.05) is 42.5 Å². The Bertz CT molecular complexity index is 889. The van der Waals surface area contributed by atoms with E-state index in [-0.39, 0.29) is 5.91 Å². The molecule has 0 saturated heterocycles. The molecular weight excluding hydrogens is 334 g/mol. The molecule has 0 spiro atoms. The van der Waals surface area contributed by atoms with Crippen LogP contribution >= 0.6 is 0 Å². The third kappa shape index (κ3) is 4.94. The van der Waals surface area contributed by atoms with E-state index in [1.165, 1.54) is 5.56 Å². The Morgan fingerprint density at radius 2 is 1.81 bits per heavy atom. The predicted octanol–water partition coefficient (Wildman–Crippen LogP) is 5.06. The van der Waals surface area contributed by atoms with Gasteiger partial charge < -0.3 is 10.2 Å². The fourth-order valence-electron chi connectivity index (χ4n) is 2.92. The molecule has 1 aromatic heterocycles. The van der Waals surface area contributed by atoms with Crippen molar-refractivity contribution in [3.8, 4) is 0 Å². The van der Waals surface area contributed by atoms with Crippen molar-refractivity contribution in [2.45, 2.75) is 33.4 Å². The first kappa shape index (κ1) is 18.6. The molecule has 1 N–H and O–H groups in total. The molecule has 1 amide bonds. The highest BCUT2D eigenvalue weighted by Gasteiger charge is 2.14. The molecule has 0 aliphatic carbocycles. The van der Waals surface area contributed by atoms with E-state index in [4.69, 9.17) is 0 Å². The fraction of sp³-hybridized carbons (Fsp3) is 0.217. The molecule has 138 valence electrons. The Morgan fingerprint density at radius 3 is 2.44 bits per heavy atom. The molecule has 0 aliphatic heterocycles. The summed E-state index contributed by atoms with van der Waals surface area (Å²) in [7, 11) is 0. The SMILES string of the molecule is Cc1cccc(NC(=O)c2ccc(N(Cc3ccccc3)C(C)C)nc2)c1. The molecule has 0 fully saturated rings. The summed E-state index contributed by atoms with van der Waals surface area (Å²) in [6, 6.07) is 22.1. The summed E-state index contributed by atoms with van der Waals surface area (Å²) in [6.07, 6.45) is 1.64. The minimum Gasteiger partial charge on any atom is -0.350 e. The molecule has 27 heavy (non-hydrogen) atoms. The van der Waals surface area contributed by atoms with E-state index in [9.17, 15) is 4.79 Å². The number of hydrogen-bond acceptors (Lipinski definition) is 3. The van der Waals surface area contributed by atoms with Gasteiger partial charge in [-0.3, -0.25) is 4.79 Å². The van der Waals surface area contributed by atoms with E-state index in [1.54, 1.807) is 6.20 Å². The summed E-state index contributed by atoms with van der Waals surface area (Å²) in [5.41, 5.74) is 3.67. The zero-order valence-electron chi connectivity index (χ0n) is 16.0. The Hall–Kier alpha value is -3.14. The van der Waals surface area contributed by atoms with Crippen LogP contribution in [0, 0.1) is 6.92 Å². The first-order chi connectivity index (χ1) is 13.0. The number of carbonyl (C=O) groups excluding carboxylic acids is 1. The van der Waals surface area contributed by atoms with Crippen molar-refractivity contribution in [1.82, 2.24) is 4.98 Å². The summed E-state index contributed by atoms with van der Waals surface area (Å²) in [4.78, 5) is 19.2. The maximum Gasteiger partial charge on any atom is 0.257 e. The van der Waals surface area contributed by atoms with Gasteiger partial charge in [0.2, 0.25) is 0 Å². The summed E-state index contributed by atoms with van der Waals surface area (Å²) in [5.74, 6) is 0.708. The maximum absolute atomic E-state index is 12.5. The van der Waals surface area contributed by atoms with Crippen LogP contribution in [-0.2, 0) is 6.54 Å².